The van der Waals surface area contributed by atoms with Gasteiger partial charge in [0.1, 0.15) is 6.10 Å². The molecule has 5 nitrogen and oxygen atoms in total. The topological polar surface area (TPSA) is 63.7 Å². The van der Waals surface area contributed by atoms with E-state index in [0.717, 1.165) is 0 Å². The Morgan fingerprint density at radius 3 is 2.59 bits per heavy atom. The smallest absolute Gasteiger partial charge is 0.302 e. The lowest BCUT2D eigenvalue weighted by Gasteiger charge is -2.36. The Balaban J connectivity index is 2.97. The lowest BCUT2D eigenvalue weighted by Crippen LogP contribution is -2.51. The fourth-order valence-electron chi connectivity index (χ4n) is 2.50. The zero-order chi connectivity index (χ0) is 16.7. The van der Waals surface area contributed by atoms with Crippen molar-refractivity contribution in [1.82, 2.24) is 4.90 Å². The molecule has 0 spiro atoms. The first kappa shape index (κ1) is 19.1. The second-order valence-corrected chi connectivity index (χ2v) is 7.28. The van der Waals surface area contributed by atoms with Crippen LogP contribution in [0.15, 0.2) is 12.7 Å². The summed E-state index contributed by atoms with van der Waals surface area (Å²) >= 11 is 3.10. The van der Waals surface area contributed by atoms with Gasteiger partial charge in [-0.2, -0.15) is 0 Å². The number of nitrogens with zero attached hydrogens (tertiary/aromatic N) is 1. The van der Waals surface area contributed by atoms with Gasteiger partial charge in [0, 0.05) is 19.9 Å². The Labute approximate surface area is 140 Å². The molecule has 1 saturated heterocycles. The summed E-state index contributed by atoms with van der Waals surface area (Å²) in [5, 5.41) is 0. The highest BCUT2D eigenvalue weighted by atomic mass is 32.2. The quantitative estimate of drug-likeness (QED) is 0.291. The fourth-order valence-corrected chi connectivity index (χ4v) is 4.30. The summed E-state index contributed by atoms with van der Waals surface area (Å²) in [4.78, 5) is 37.3. The zero-order valence-electron chi connectivity index (χ0n) is 13.2. The van der Waals surface area contributed by atoms with E-state index in [-0.39, 0.29) is 16.4 Å². The minimum absolute atomic E-state index is 0.0349. The van der Waals surface area contributed by atoms with Crippen molar-refractivity contribution >= 4 is 41.3 Å². The van der Waals surface area contributed by atoms with Gasteiger partial charge in [-0.1, -0.05) is 6.08 Å². The molecule has 0 N–H and O–H groups in total. The van der Waals surface area contributed by atoms with E-state index in [0.29, 0.717) is 25.8 Å². The van der Waals surface area contributed by atoms with E-state index < -0.39 is 18.0 Å². The van der Waals surface area contributed by atoms with Gasteiger partial charge in [-0.3, -0.25) is 19.3 Å². The van der Waals surface area contributed by atoms with Gasteiger partial charge >= 0.3 is 5.97 Å². The minimum atomic E-state index is -0.519. The number of carbonyl (C=O) groups is 3. The van der Waals surface area contributed by atoms with Crippen molar-refractivity contribution in [2.75, 3.05) is 19.1 Å². The van der Waals surface area contributed by atoms with Crippen molar-refractivity contribution in [1.29, 1.82) is 0 Å². The molecule has 2 atom stereocenters. The van der Waals surface area contributed by atoms with E-state index in [2.05, 4.69) is 6.58 Å². The maximum atomic E-state index is 12.7. The van der Waals surface area contributed by atoms with Crippen molar-refractivity contribution in [3.63, 3.8) is 0 Å². The molecule has 0 bridgehead atoms. The van der Waals surface area contributed by atoms with Gasteiger partial charge < -0.3 is 4.74 Å². The summed E-state index contributed by atoms with van der Waals surface area (Å²) in [5.74, 6) is -1.26. The second kappa shape index (κ2) is 9.25. The summed E-state index contributed by atoms with van der Waals surface area (Å²) < 4.78 is 5.40. The fraction of sp³-hybridized carbons (Fsp3) is 0.667. The number of ether oxygens (including phenoxy) is 1. The number of esters is 1. The molecule has 0 aromatic rings. The SMILES string of the molecule is C=CCCN1C(=O)CCC(C(OC(C)=O)C(SC)SC)C1=O. The largest absolute Gasteiger partial charge is 0.460 e. The molecule has 0 aromatic carbocycles. The molecule has 2 unspecified atom stereocenters. The lowest BCUT2D eigenvalue weighted by molar-refractivity contribution is -0.160. The highest BCUT2D eigenvalue weighted by molar-refractivity contribution is 8.16. The number of imide groups is 1. The van der Waals surface area contributed by atoms with Crippen molar-refractivity contribution in [2.45, 2.75) is 36.9 Å². The number of likely N-dealkylation sites (tertiary alicyclic amines) is 1. The van der Waals surface area contributed by atoms with Crippen molar-refractivity contribution in [3.8, 4) is 0 Å². The number of hydrogen-bond acceptors (Lipinski definition) is 6. The molecule has 0 aliphatic carbocycles. The Hall–Kier alpha value is -0.950. The molecule has 0 saturated carbocycles. The van der Waals surface area contributed by atoms with Gasteiger partial charge in [0.25, 0.3) is 0 Å². The van der Waals surface area contributed by atoms with Crippen LogP contribution in [0, 0.1) is 5.92 Å². The molecule has 124 valence electrons. The average Bonchev–Trinajstić information content (AvgIpc) is 2.47. The molecular formula is C15H23NO4S2. The van der Waals surface area contributed by atoms with E-state index in [1.54, 1.807) is 29.6 Å². The average molecular weight is 345 g/mol. The molecule has 0 aromatic heterocycles. The lowest BCUT2D eigenvalue weighted by atomic mass is 9.91. The summed E-state index contributed by atoms with van der Waals surface area (Å²) in [7, 11) is 0. The molecule has 2 amide bonds. The van der Waals surface area contributed by atoms with Crippen molar-refractivity contribution in [3.05, 3.63) is 12.7 Å². The van der Waals surface area contributed by atoms with Crippen LogP contribution in [0.3, 0.4) is 0 Å². The van der Waals surface area contributed by atoms with Crippen LogP contribution in [0.4, 0.5) is 0 Å². The molecule has 7 heteroatoms. The van der Waals surface area contributed by atoms with Crippen LogP contribution in [0.2, 0.25) is 0 Å². The molecule has 1 aliphatic heterocycles. The van der Waals surface area contributed by atoms with E-state index in [1.165, 1.54) is 11.8 Å². The molecular weight excluding hydrogens is 322 g/mol. The van der Waals surface area contributed by atoms with E-state index in [4.69, 9.17) is 4.74 Å². The first-order valence-electron chi connectivity index (χ1n) is 7.14. The molecule has 1 fully saturated rings. The Bertz CT molecular complexity index is 437. The van der Waals surface area contributed by atoms with Gasteiger partial charge in [-0.15, -0.1) is 30.1 Å². The minimum Gasteiger partial charge on any atom is -0.460 e. The third kappa shape index (κ3) is 4.78. The summed E-state index contributed by atoms with van der Waals surface area (Å²) in [6.07, 6.45) is 6.31. The predicted octanol–water partition coefficient (Wildman–Crippen LogP) is 2.31. The maximum absolute atomic E-state index is 12.7. The van der Waals surface area contributed by atoms with Crippen molar-refractivity contribution < 1.29 is 19.1 Å². The first-order chi connectivity index (χ1) is 10.5. The highest BCUT2D eigenvalue weighted by Crippen LogP contribution is 2.34. The summed E-state index contributed by atoms with van der Waals surface area (Å²) in [6, 6.07) is 0. The van der Waals surface area contributed by atoms with Crippen LogP contribution in [0.25, 0.3) is 0 Å². The second-order valence-electron chi connectivity index (χ2n) is 5.02. The van der Waals surface area contributed by atoms with Gasteiger partial charge in [-0.05, 0) is 25.4 Å². The third-order valence-corrected chi connectivity index (χ3v) is 6.16. The van der Waals surface area contributed by atoms with Gasteiger partial charge in [0.2, 0.25) is 11.8 Å². The van der Waals surface area contributed by atoms with E-state index in [1.807, 2.05) is 12.5 Å². The molecule has 1 heterocycles. The number of rotatable bonds is 8. The van der Waals surface area contributed by atoms with Crippen molar-refractivity contribution in [2.24, 2.45) is 5.92 Å². The third-order valence-electron chi connectivity index (χ3n) is 3.54. The molecule has 1 aliphatic rings. The molecule has 22 heavy (non-hydrogen) atoms. The van der Waals surface area contributed by atoms with Gasteiger partial charge in [0.05, 0.1) is 10.5 Å². The van der Waals surface area contributed by atoms with Crippen LogP contribution in [-0.4, -0.2) is 52.4 Å². The van der Waals surface area contributed by atoms with E-state index >= 15 is 0 Å². The number of carbonyl (C=O) groups excluding carboxylic acids is 3. The van der Waals surface area contributed by atoms with Crippen LogP contribution in [0.1, 0.15) is 26.2 Å². The van der Waals surface area contributed by atoms with Crippen LogP contribution in [0.5, 0.6) is 0 Å². The van der Waals surface area contributed by atoms with Crippen LogP contribution >= 0.6 is 23.5 Å². The standard InChI is InChI=1S/C15H23NO4S2/c1-5-6-9-16-12(18)8-7-11(14(16)19)13(20-10(2)17)15(21-3)22-4/h5,11,13,15H,1,6-9H2,2-4H3. The first-order valence-corrected chi connectivity index (χ1v) is 9.71. The maximum Gasteiger partial charge on any atom is 0.302 e. The van der Waals surface area contributed by atoms with Gasteiger partial charge in [0.15, 0.2) is 0 Å². The van der Waals surface area contributed by atoms with Crippen LogP contribution < -0.4 is 0 Å². The summed E-state index contributed by atoms with van der Waals surface area (Å²) in [6.45, 7) is 5.30. The zero-order valence-corrected chi connectivity index (χ0v) is 14.9. The normalized spacial score (nSPS) is 20.2. The monoisotopic (exact) mass is 345 g/mol. The van der Waals surface area contributed by atoms with Crippen LogP contribution in [-0.2, 0) is 19.1 Å². The Kier molecular flexibility index (Phi) is 8.03. The number of hydrogen-bond donors (Lipinski definition) is 0. The van der Waals surface area contributed by atoms with Gasteiger partial charge in [-0.25, -0.2) is 0 Å². The Morgan fingerprint density at radius 2 is 2.09 bits per heavy atom. The predicted molar refractivity (Wildman–Crippen MR) is 90.6 cm³/mol. The number of thioether (sulfide) groups is 2. The number of amides is 2. The Morgan fingerprint density at radius 1 is 1.45 bits per heavy atom. The highest BCUT2D eigenvalue weighted by Gasteiger charge is 2.43. The number of piperidine rings is 1. The summed E-state index contributed by atoms with van der Waals surface area (Å²) in [5.41, 5.74) is 0. The van der Waals surface area contributed by atoms with E-state index in [9.17, 15) is 14.4 Å². The molecule has 1 rings (SSSR count). The molecule has 0 radical (unpaired) electrons.